The summed E-state index contributed by atoms with van der Waals surface area (Å²) >= 11 is 0. The second-order valence-electron chi connectivity index (χ2n) is 2.67. The number of hydrogen-bond donors (Lipinski definition) is 2. The van der Waals surface area contributed by atoms with Crippen LogP contribution < -0.4 is 10.1 Å². The first-order chi connectivity index (χ1) is 6.85. The smallest absolute Gasteiger partial charge is 0.229 e. The number of rotatable bonds is 3. The number of nitrogens with zero attached hydrogens (tertiary/aromatic N) is 3. The molecule has 0 aromatic carbocycles. The van der Waals surface area contributed by atoms with E-state index in [1.807, 2.05) is 6.92 Å². The van der Waals surface area contributed by atoms with Crippen LogP contribution >= 0.6 is 0 Å². The molecule has 0 aliphatic heterocycles. The molecule has 6 nitrogen and oxygen atoms in total. The van der Waals surface area contributed by atoms with Crippen molar-refractivity contribution >= 4 is 17.0 Å². The lowest BCUT2D eigenvalue weighted by Gasteiger charge is -2.04. The van der Waals surface area contributed by atoms with E-state index in [-0.39, 0.29) is 0 Å². The molecule has 14 heavy (non-hydrogen) atoms. The van der Waals surface area contributed by atoms with Gasteiger partial charge in [0.25, 0.3) is 0 Å². The molecule has 0 unspecified atom stereocenters. The van der Waals surface area contributed by atoms with Gasteiger partial charge in [0.15, 0.2) is 5.65 Å². The van der Waals surface area contributed by atoms with Gasteiger partial charge >= 0.3 is 0 Å². The molecule has 2 aromatic rings. The van der Waals surface area contributed by atoms with Gasteiger partial charge in [-0.2, -0.15) is 15.1 Å². The summed E-state index contributed by atoms with van der Waals surface area (Å²) in [7, 11) is 1.76. The van der Waals surface area contributed by atoms with Crippen molar-refractivity contribution in [1.29, 1.82) is 0 Å². The molecule has 0 aliphatic carbocycles. The molecule has 0 atom stereocenters. The Morgan fingerprint density at radius 2 is 2.36 bits per heavy atom. The summed E-state index contributed by atoms with van der Waals surface area (Å²) in [5, 5.41) is 10.3. The van der Waals surface area contributed by atoms with Crippen LogP contribution in [0, 0.1) is 0 Å². The number of fused-ring (bicyclic) bond motifs is 1. The molecule has 0 saturated carbocycles. The molecule has 0 radical (unpaired) electrons. The van der Waals surface area contributed by atoms with Crippen molar-refractivity contribution in [2.45, 2.75) is 6.92 Å². The number of ether oxygens (including phenoxy) is 1. The fraction of sp³-hybridized carbons (Fsp3) is 0.375. The van der Waals surface area contributed by atoms with Crippen LogP contribution in [0.3, 0.4) is 0 Å². The molecular weight excluding hydrogens is 182 g/mol. The number of aromatic nitrogens is 4. The van der Waals surface area contributed by atoms with Gasteiger partial charge in [-0.1, -0.05) is 0 Å². The highest BCUT2D eigenvalue weighted by atomic mass is 16.5. The molecule has 0 aliphatic rings. The topological polar surface area (TPSA) is 75.7 Å². The standard InChI is InChI=1S/C8H11N5O/c1-3-14-7-5-4-10-13-6(5)11-8(9-2)12-7/h4H,3H2,1-2H3,(H2,9,10,11,12,13). The minimum Gasteiger partial charge on any atom is -0.477 e. The van der Waals surface area contributed by atoms with E-state index in [0.29, 0.717) is 24.1 Å². The van der Waals surface area contributed by atoms with Gasteiger partial charge in [-0.15, -0.1) is 0 Å². The molecule has 0 bridgehead atoms. The van der Waals surface area contributed by atoms with E-state index >= 15 is 0 Å². The lowest BCUT2D eigenvalue weighted by Crippen LogP contribution is -2.01. The monoisotopic (exact) mass is 193 g/mol. The number of hydrogen-bond acceptors (Lipinski definition) is 5. The summed E-state index contributed by atoms with van der Waals surface area (Å²) in [6, 6.07) is 0. The van der Waals surface area contributed by atoms with Gasteiger partial charge < -0.3 is 10.1 Å². The van der Waals surface area contributed by atoms with Crippen LogP contribution in [0.2, 0.25) is 0 Å². The van der Waals surface area contributed by atoms with Gasteiger partial charge in [-0.25, -0.2) is 0 Å². The van der Waals surface area contributed by atoms with Crippen LogP contribution in [0.15, 0.2) is 6.20 Å². The number of H-pyrrole nitrogens is 1. The highest BCUT2D eigenvalue weighted by Gasteiger charge is 2.08. The quantitative estimate of drug-likeness (QED) is 0.753. The molecular formula is C8H11N5O. The summed E-state index contributed by atoms with van der Waals surface area (Å²) in [5.74, 6) is 1.07. The largest absolute Gasteiger partial charge is 0.477 e. The van der Waals surface area contributed by atoms with E-state index in [9.17, 15) is 0 Å². The van der Waals surface area contributed by atoms with E-state index in [1.54, 1.807) is 13.2 Å². The van der Waals surface area contributed by atoms with Gasteiger partial charge in [0.2, 0.25) is 11.8 Å². The minimum atomic E-state index is 0.519. The Balaban J connectivity index is 2.58. The first kappa shape index (κ1) is 8.74. The zero-order valence-electron chi connectivity index (χ0n) is 8.03. The SMILES string of the molecule is CCOc1nc(NC)nc2[nH]ncc12. The lowest BCUT2D eigenvalue weighted by molar-refractivity contribution is 0.331. The van der Waals surface area contributed by atoms with Crippen LogP contribution in [0.1, 0.15) is 6.92 Å². The molecule has 2 rings (SSSR count). The van der Waals surface area contributed by atoms with E-state index < -0.39 is 0 Å². The van der Waals surface area contributed by atoms with Gasteiger partial charge in [0, 0.05) is 7.05 Å². The number of anilines is 1. The minimum absolute atomic E-state index is 0.519. The maximum absolute atomic E-state index is 5.37. The van der Waals surface area contributed by atoms with E-state index in [0.717, 1.165) is 5.39 Å². The van der Waals surface area contributed by atoms with Gasteiger partial charge in [0.1, 0.15) is 5.39 Å². The first-order valence-electron chi connectivity index (χ1n) is 4.36. The normalized spacial score (nSPS) is 10.4. The Morgan fingerprint density at radius 1 is 1.50 bits per heavy atom. The van der Waals surface area contributed by atoms with Crippen molar-refractivity contribution in [1.82, 2.24) is 20.2 Å². The Hall–Kier alpha value is -1.85. The third-order valence-electron chi connectivity index (χ3n) is 1.78. The second kappa shape index (κ2) is 3.49. The van der Waals surface area contributed by atoms with Crippen LogP contribution in [0.4, 0.5) is 5.95 Å². The van der Waals surface area contributed by atoms with Crippen LogP contribution in [0.5, 0.6) is 5.88 Å². The van der Waals surface area contributed by atoms with Crippen LogP contribution in [-0.4, -0.2) is 33.8 Å². The Labute approximate surface area is 80.7 Å². The zero-order chi connectivity index (χ0) is 9.97. The third kappa shape index (κ3) is 1.34. The molecule has 0 amide bonds. The summed E-state index contributed by atoms with van der Waals surface area (Å²) in [4.78, 5) is 8.35. The predicted octanol–water partition coefficient (Wildman–Crippen LogP) is 0.793. The van der Waals surface area contributed by atoms with Crippen LogP contribution in [-0.2, 0) is 0 Å². The predicted molar refractivity (Wildman–Crippen MR) is 52.4 cm³/mol. The van der Waals surface area contributed by atoms with E-state index in [2.05, 4.69) is 25.5 Å². The summed E-state index contributed by atoms with van der Waals surface area (Å²) in [6.07, 6.45) is 1.65. The van der Waals surface area contributed by atoms with Crippen molar-refractivity contribution in [3.63, 3.8) is 0 Å². The summed E-state index contributed by atoms with van der Waals surface area (Å²) < 4.78 is 5.37. The first-order valence-corrected chi connectivity index (χ1v) is 4.36. The van der Waals surface area contributed by atoms with E-state index in [1.165, 1.54) is 0 Å². The maximum Gasteiger partial charge on any atom is 0.229 e. The lowest BCUT2D eigenvalue weighted by atomic mass is 10.4. The van der Waals surface area contributed by atoms with Gasteiger partial charge in [-0.3, -0.25) is 5.10 Å². The Morgan fingerprint density at radius 3 is 3.07 bits per heavy atom. The van der Waals surface area contributed by atoms with Crippen molar-refractivity contribution in [2.24, 2.45) is 0 Å². The maximum atomic E-state index is 5.37. The third-order valence-corrected chi connectivity index (χ3v) is 1.78. The fourth-order valence-corrected chi connectivity index (χ4v) is 1.17. The van der Waals surface area contributed by atoms with Crippen LogP contribution in [0.25, 0.3) is 11.0 Å². The van der Waals surface area contributed by atoms with Gasteiger partial charge in [0.05, 0.1) is 12.8 Å². The summed E-state index contributed by atoms with van der Waals surface area (Å²) in [6.45, 7) is 2.48. The van der Waals surface area contributed by atoms with Crippen molar-refractivity contribution < 1.29 is 4.74 Å². The number of aromatic amines is 1. The highest BCUT2D eigenvalue weighted by molar-refractivity contribution is 5.80. The van der Waals surface area contributed by atoms with Gasteiger partial charge in [-0.05, 0) is 6.92 Å². The molecule has 2 heterocycles. The zero-order valence-corrected chi connectivity index (χ0v) is 8.03. The summed E-state index contributed by atoms with van der Waals surface area (Å²) in [5.41, 5.74) is 0.674. The van der Waals surface area contributed by atoms with Crippen molar-refractivity contribution in [2.75, 3.05) is 19.0 Å². The molecule has 0 saturated heterocycles. The molecule has 0 fully saturated rings. The van der Waals surface area contributed by atoms with Crippen molar-refractivity contribution in [3.8, 4) is 5.88 Å². The van der Waals surface area contributed by atoms with E-state index in [4.69, 9.17) is 4.74 Å². The fourth-order valence-electron chi connectivity index (χ4n) is 1.17. The average molecular weight is 193 g/mol. The number of nitrogens with one attached hydrogen (secondary N) is 2. The average Bonchev–Trinajstić information content (AvgIpc) is 2.66. The Kier molecular flexibility index (Phi) is 2.18. The highest BCUT2D eigenvalue weighted by Crippen LogP contribution is 2.21. The molecule has 2 N–H and O–H groups in total. The molecule has 74 valence electrons. The molecule has 2 aromatic heterocycles. The second-order valence-corrected chi connectivity index (χ2v) is 2.67. The Bertz CT molecular complexity index is 438. The molecule has 0 spiro atoms. The van der Waals surface area contributed by atoms with Crippen molar-refractivity contribution in [3.05, 3.63) is 6.20 Å². The molecule has 6 heteroatoms.